The summed E-state index contributed by atoms with van der Waals surface area (Å²) in [5, 5.41) is 11.7. The van der Waals surface area contributed by atoms with E-state index in [0.29, 0.717) is 6.54 Å². The van der Waals surface area contributed by atoms with E-state index >= 15 is 0 Å². The first-order valence-electron chi connectivity index (χ1n) is 7.12. The van der Waals surface area contributed by atoms with Crippen LogP contribution in [0.1, 0.15) is 37.5 Å². The molecule has 1 rings (SSSR count). The summed E-state index contributed by atoms with van der Waals surface area (Å²) < 4.78 is 5.09. The molecule has 0 aliphatic rings. The van der Waals surface area contributed by atoms with Crippen molar-refractivity contribution >= 4 is 12.1 Å². The molecule has 0 saturated carbocycles. The lowest BCUT2D eigenvalue weighted by molar-refractivity contribution is -0.139. The Kier molecular flexibility index (Phi) is 5.93. The first-order valence-corrected chi connectivity index (χ1v) is 7.12. The van der Waals surface area contributed by atoms with E-state index in [-0.39, 0.29) is 6.42 Å². The standard InChI is InChI=1S/C16H24N2O4/c1-10-5-11(7-12(6-10)9-17)8-13(14(19)20)18-15(21)22-16(2,3)4/h5-7,13H,8-9,17H2,1-4H3,(H,18,21)(H,19,20). The van der Waals surface area contributed by atoms with Crippen LogP contribution in [0.4, 0.5) is 4.79 Å². The highest BCUT2D eigenvalue weighted by Gasteiger charge is 2.24. The summed E-state index contributed by atoms with van der Waals surface area (Å²) in [6.07, 6.45) is -0.574. The van der Waals surface area contributed by atoms with E-state index in [9.17, 15) is 14.7 Å². The molecule has 0 fully saturated rings. The van der Waals surface area contributed by atoms with Crippen LogP contribution in [0.2, 0.25) is 0 Å². The number of hydrogen-bond acceptors (Lipinski definition) is 4. The molecule has 122 valence electrons. The summed E-state index contributed by atoms with van der Waals surface area (Å²) in [5.74, 6) is -1.11. The number of carbonyl (C=O) groups is 2. The van der Waals surface area contributed by atoms with Crippen LogP contribution in [0.25, 0.3) is 0 Å². The second kappa shape index (κ2) is 7.26. The predicted molar refractivity (Wildman–Crippen MR) is 83.6 cm³/mol. The molecule has 0 aliphatic heterocycles. The van der Waals surface area contributed by atoms with Gasteiger partial charge in [-0.25, -0.2) is 9.59 Å². The lowest BCUT2D eigenvalue weighted by Gasteiger charge is -2.22. The van der Waals surface area contributed by atoms with Gasteiger partial charge in [0.1, 0.15) is 11.6 Å². The molecule has 1 aromatic carbocycles. The van der Waals surface area contributed by atoms with Gasteiger partial charge in [-0.3, -0.25) is 0 Å². The van der Waals surface area contributed by atoms with Crippen LogP contribution in [-0.2, 0) is 22.5 Å². The van der Waals surface area contributed by atoms with Gasteiger partial charge in [-0.2, -0.15) is 0 Å². The number of carboxylic acids is 1. The molecule has 0 bridgehead atoms. The first kappa shape index (κ1) is 18.0. The lowest BCUT2D eigenvalue weighted by atomic mass is 10.0. The van der Waals surface area contributed by atoms with Crippen LogP contribution in [0, 0.1) is 6.92 Å². The summed E-state index contributed by atoms with van der Waals surface area (Å²) in [6, 6.07) is 4.62. The van der Waals surface area contributed by atoms with Crippen LogP contribution in [0.15, 0.2) is 18.2 Å². The highest BCUT2D eigenvalue weighted by atomic mass is 16.6. The van der Waals surface area contributed by atoms with Crippen molar-refractivity contribution in [2.45, 2.75) is 52.3 Å². The van der Waals surface area contributed by atoms with Gasteiger partial charge in [0.15, 0.2) is 0 Å². The maximum absolute atomic E-state index is 11.7. The number of nitrogens with one attached hydrogen (secondary N) is 1. The number of alkyl carbamates (subject to hydrolysis) is 1. The third-order valence-corrected chi connectivity index (χ3v) is 2.86. The first-order chi connectivity index (χ1) is 10.1. The van der Waals surface area contributed by atoms with Crippen LogP contribution in [0.5, 0.6) is 0 Å². The van der Waals surface area contributed by atoms with Crippen molar-refractivity contribution < 1.29 is 19.4 Å². The minimum absolute atomic E-state index is 0.170. The average Bonchev–Trinajstić information content (AvgIpc) is 2.34. The quantitative estimate of drug-likeness (QED) is 0.772. The summed E-state index contributed by atoms with van der Waals surface area (Å²) in [4.78, 5) is 23.1. The smallest absolute Gasteiger partial charge is 0.408 e. The molecular weight excluding hydrogens is 284 g/mol. The van der Waals surface area contributed by atoms with Crippen molar-refractivity contribution in [2.24, 2.45) is 5.73 Å². The van der Waals surface area contributed by atoms with Gasteiger partial charge in [0.2, 0.25) is 0 Å². The number of benzene rings is 1. The van der Waals surface area contributed by atoms with Gasteiger partial charge >= 0.3 is 12.1 Å². The van der Waals surface area contributed by atoms with Gasteiger partial charge in [-0.05, 0) is 38.8 Å². The Balaban J connectivity index is 2.83. The van der Waals surface area contributed by atoms with E-state index in [1.54, 1.807) is 20.8 Å². The normalized spacial score (nSPS) is 12.6. The number of aryl methyl sites for hydroxylation is 1. The molecule has 6 nitrogen and oxygen atoms in total. The molecule has 22 heavy (non-hydrogen) atoms. The molecule has 1 unspecified atom stereocenters. The second-order valence-electron chi connectivity index (χ2n) is 6.27. The number of carboxylic acid groups (broad SMARTS) is 1. The number of rotatable bonds is 5. The Hall–Kier alpha value is -2.08. The number of carbonyl (C=O) groups excluding carboxylic acids is 1. The van der Waals surface area contributed by atoms with E-state index in [1.807, 2.05) is 25.1 Å². The fraction of sp³-hybridized carbons (Fsp3) is 0.500. The molecule has 1 atom stereocenters. The van der Waals surface area contributed by atoms with Crippen molar-refractivity contribution in [1.29, 1.82) is 0 Å². The summed E-state index contributed by atoms with van der Waals surface area (Å²) in [7, 11) is 0. The molecule has 1 amide bonds. The highest BCUT2D eigenvalue weighted by molar-refractivity contribution is 5.80. The van der Waals surface area contributed by atoms with Gasteiger partial charge in [-0.1, -0.05) is 23.8 Å². The van der Waals surface area contributed by atoms with Crippen molar-refractivity contribution in [3.8, 4) is 0 Å². The molecule has 0 saturated heterocycles. The number of nitrogens with two attached hydrogens (primary N) is 1. The SMILES string of the molecule is Cc1cc(CN)cc(CC(NC(=O)OC(C)(C)C)C(=O)O)c1. The van der Waals surface area contributed by atoms with Gasteiger partial charge in [0.05, 0.1) is 0 Å². The van der Waals surface area contributed by atoms with Gasteiger partial charge < -0.3 is 20.9 Å². The van der Waals surface area contributed by atoms with E-state index in [0.717, 1.165) is 16.7 Å². The van der Waals surface area contributed by atoms with Gasteiger partial charge in [0, 0.05) is 13.0 Å². The summed E-state index contributed by atoms with van der Waals surface area (Å²) in [6.45, 7) is 7.45. The van der Waals surface area contributed by atoms with E-state index in [4.69, 9.17) is 10.5 Å². The van der Waals surface area contributed by atoms with Crippen LogP contribution in [0.3, 0.4) is 0 Å². The number of ether oxygens (including phenoxy) is 1. The molecule has 0 spiro atoms. The maximum Gasteiger partial charge on any atom is 0.408 e. The zero-order valence-electron chi connectivity index (χ0n) is 13.5. The van der Waals surface area contributed by atoms with E-state index in [2.05, 4.69) is 5.32 Å². The van der Waals surface area contributed by atoms with Gasteiger partial charge in [-0.15, -0.1) is 0 Å². The summed E-state index contributed by atoms with van der Waals surface area (Å²) in [5.41, 5.74) is 7.68. The van der Waals surface area contributed by atoms with Crippen molar-refractivity contribution in [1.82, 2.24) is 5.32 Å². The van der Waals surface area contributed by atoms with E-state index < -0.39 is 23.7 Å². The monoisotopic (exact) mass is 308 g/mol. The maximum atomic E-state index is 11.7. The fourth-order valence-electron chi connectivity index (χ4n) is 2.07. The van der Waals surface area contributed by atoms with Crippen LogP contribution < -0.4 is 11.1 Å². The minimum atomic E-state index is -1.11. The molecule has 0 aromatic heterocycles. The minimum Gasteiger partial charge on any atom is -0.480 e. The average molecular weight is 308 g/mol. The molecule has 0 aliphatic carbocycles. The Morgan fingerprint density at radius 2 is 1.86 bits per heavy atom. The third-order valence-electron chi connectivity index (χ3n) is 2.86. The zero-order valence-corrected chi connectivity index (χ0v) is 13.5. The zero-order chi connectivity index (χ0) is 16.9. The molecule has 1 aromatic rings. The molecule has 6 heteroatoms. The number of aliphatic carboxylic acids is 1. The summed E-state index contributed by atoms with van der Waals surface area (Å²) >= 11 is 0. The number of amides is 1. The molecule has 4 N–H and O–H groups in total. The fourth-order valence-corrected chi connectivity index (χ4v) is 2.07. The van der Waals surface area contributed by atoms with E-state index in [1.165, 1.54) is 0 Å². The van der Waals surface area contributed by atoms with Crippen molar-refractivity contribution in [3.63, 3.8) is 0 Å². The Labute approximate surface area is 130 Å². The second-order valence-corrected chi connectivity index (χ2v) is 6.27. The Morgan fingerprint density at radius 3 is 2.36 bits per heavy atom. The molecular formula is C16H24N2O4. The van der Waals surface area contributed by atoms with Crippen molar-refractivity contribution in [3.05, 3.63) is 34.9 Å². The van der Waals surface area contributed by atoms with Crippen LogP contribution >= 0.6 is 0 Å². The van der Waals surface area contributed by atoms with Crippen molar-refractivity contribution in [2.75, 3.05) is 0 Å². The largest absolute Gasteiger partial charge is 0.480 e. The highest BCUT2D eigenvalue weighted by Crippen LogP contribution is 2.13. The Bertz CT molecular complexity index is 550. The molecule has 0 radical (unpaired) electrons. The Morgan fingerprint density at radius 1 is 1.27 bits per heavy atom. The van der Waals surface area contributed by atoms with Crippen LogP contribution in [-0.4, -0.2) is 28.8 Å². The number of hydrogen-bond donors (Lipinski definition) is 3. The third kappa shape index (κ3) is 6.13. The topological polar surface area (TPSA) is 102 Å². The predicted octanol–water partition coefficient (Wildman–Crippen LogP) is 1.97. The lowest BCUT2D eigenvalue weighted by Crippen LogP contribution is -2.44. The van der Waals surface area contributed by atoms with Gasteiger partial charge in [0.25, 0.3) is 0 Å². The molecule has 0 heterocycles.